The molecule has 4 heteroatoms. The molecule has 2 aromatic rings. The molecule has 0 aliphatic heterocycles. The molecule has 2 aromatic carbocycles. The van der Waals surface area contributed by atoms with Crippen molar-refractivity contribution >= 4 is 12.2 Å². The fourth-order valence-corrected chi connectivity index (χ4v) is 6.09. The first-order valence-electron chi connectivity index (χ1n) is 13.4. The second-order valence-corrected chi connectivity index (χ2v) is 9.96. The SMILES string of the molecule is COC(OC)C1=Cc2ccccc2C1CCCCCCCCC1C(C(OC)OC)=Cc2ccccc21. The van der Waals surface area contributed by atoms with Gasteiger partial charge >= 0.3 is 0 Å². The molecule has 2 unspecified atom stereocenters. The molecular formula is C32H42O4. The molecule has 194 valence electrons. The summed E-state index contributed by atoms with van der Waals surface area (Å²) in [4.78, 5) is 0. The van der Waals surface area contributed by atoms with Crippen molar-refractivity contribution in [1.29, 1.82) is 0 Å². The number of hydrogen-bond acceptors (Lipinski definition) is 4. The molecule has 0 N–H and O–H groups in total. The Bertz CT molecular complexity index is 948. The maximum Gasteiger partial charge on any atom is 0.180 e. The molecule has 0 saturated heterocycles. The van der Waals surface area contributed by atoms with Gasteiger partial charge in [-0.25, -0.2) is 0 Å². The lowest BCUT2D eigenvalue weighted by Crippen LogP contribution is -2.19. The van der Waals surface area contributed by atoms with Gasteiger partial charge in [0, 0.05) is 40.3 Å². The topological polar surface area (TPSA) is 36.9 Å². The summed E-state index contributed by atoms with van der Waals surface area (Å²) in [6.45, 7) is 0. The zero-order valence-electron chi connectivity index (χ0n) is 22.4. The quantitative estimate of drug-likeness (QED) is 0.189. The summed E-state index contributed by atoms with van der Waals surface area (Å²) in [6, 6.07) is 17.4. The molecule has 0 spiro atoms. The van der Waals surface area contributed by atoms with E-state index in [9.17, 15) is 0 Å². The molecule has 0 bridgehead atoms. The van der Waals surface area contributed by atoms with Crippen molar-refractivity contribution < 1.29 is 18.9 Å². The fraction of sp³-hybridized carbons (Fsp3) is 0.500. The van der Waals surface area contributed by atoms with E-state index in [0.717, 1.165) is 12.8 Å². The van der Waals surface area contributed by atoms with Gasteiger partial charge < -0.3 is 18.9 Å². The zero-order valence-corrected chi connectivity index (χ0v) is 22.4. The predicted octanol–water partition coefficient (Wildman–Crippen LogP) is 7.71. The van der Waals surface area contributed by atoms with Gasteiger partial charge in [0.25, 0.3) is 0 Å². The van der Waals surface area contributed by atoms with Gasteiger partial charge in [-0.1, -0.05) is 87.1 Å². The zero-order chi connectivity index (χ0) is 25.3. The van der Waals surface area contributed by atoms with Gasteiger partial charge in [0.1, 0.15) is 0 Å². The normalized spacial score (nSPS) is 18.5. The molecule has 0 fully saturated rings. The minimum absolute atomic E-state index is 0.266. The molecule has 2 aliphatic rings. The van der Waals surface area contributed by atoms with Crippen LogP contribution >= 0.6 is 0 Å². The summed E-state index contributed by atoms with van der Waals surface area (Å²) < 4.78 is 22.4. The number of ether oxygens (including phenoxy) is 4. The molecule has 0 radical (unpaired) electrons. The fourth-order valence-electron chi connectivity index (χ4n) is 6.09. The molecule has 2 atom stereocenters. The minimum atomic E-state index is -0.266. The first-order valence-corrected chi connectivity index (χ1v) is 13.4. The number of methoxy groups -OCH3 is 4. The molecule has 0 heterocycles. The minimum Gasteiger partial charge on any atom is -0.352 e. The Morgan fingerprint density at radius 3 is 1.28 bits per heavy atom. The molecular weight excluding hydrogens is 448 g/mol. The van der Waals surface area contributed by atoms with Crippen LogP contribution in [0.1, 0.15) is 85.5 Å². The van der Waals surface area contributed by atoms with E-state index in [4.69, 9.17) is 18.9 Å². The van der Waals surface area contributed by atoms with Gasteiger partial charge in [0.2, 0.25) is 0 Å². The van der Waals surface area contributed by atoms with E-state index in [-0.39, 0.29) is 12.6 Å². The summed E-state index contributed by atoms with van der Waals surface area (Å²) in [5.41, 5.74) is 7.96. The summed E-state index contributed by atoms with van der Waals surface area (Å²) in [5, 5.41) is 0. The number of fused-ring (bicyclic) bond motifs is 2. The largest absolute Gasteiger partial charge is 0.352 e. The van der Waals surface area contributed by atoms with Crippen molar-refractivity contribution in [2.45, 2.75) is 75.8 Å². The van der Waals surface area contributed by atoms with Crippen molar-refractivity contribution in [3.63, 3.8) is 0 Å². The second kappa shape index (κ2) is 13.3. The van der Waals surface area contributed by atoms with E-state index >= 15 is 0 Å². The highest BCUT2D eigenvalue weighted by molar-refractivity contribution is 5.68. The third kappa shape index (κ3) is 6.00. The Morgan fingerprint density at radius 1 is 0.528 bits per heavy atom. The monoisotopic (exact) mass is 490 g/mol. The molecule has 36 heavy (non-hydrogen) atoms. The van der Waals surface area contributed by atoms with E-state index in [1.807, 2.05) is 0 Å². The summed E-state index contributed by atoms with van der Waals surface area (Å²) in [7, 11) is 6.90. The van der Waals surface area contributed by atoms with Crippen LogP contribution in [0.3, 0.4) is 0 Å². The first-order chi connectivity index (χ1) is 17.7. The van der Waals surface area contributed by atoms with Gasteiger partial charge in [0.15, 0.2) is 12.6 Å². The van der Waals surface area contributed by atoms with Crippen LogP contribution in [-0.2, 0) is 18.9 Å². The molecule has 0 aromatic heterocycles. The van der Waals surface area contributed by atoms with Crippen LogP contribution in [0.25, 0.3) is 12.2 Å². The predicted molar refractivity (Wildman–Crippen MR) is 147 cm³/mol. The second-order valence-electron chi connectivity index (χ2n) is 9.96. The van der Waals surface area contributed by atoms with E-state index in [2.05, 4.69) is 60.7 Å². The van der Waals surface area contributed by atoms with Crippen molar-refractivity contribution in [3.05, 3.63) is 81.9 Å². The molecule has 4 nitrogen and oxygen atoms in total. The first kappa shape index (κ1) is 26.8. The van der Waals surface area contributed by atoms with E-state index < -0.39 is 0 Å². The molecule has 0 amide bonds. The highest BCUT2D eigenvalue weighted by Crippen LogP contribution is 2.43. The molecule has 0 saturated carbocycles. The van der Waals surface area contributed by atoms with Gasteiger partial charge in [-0.3, -0.25) is 0 Å². The Kier molecular flexibility index (Phi) is 9.94. The van der Waals surface area contributed by atoms with Gasteiger partial charge in [-0.05, 0) is 58.4 Å². The standard InChI is InChI=1S/C32H42O4/c1-33-31(34-2)29-21-23-15-11-13-17-25(23)27(29)19-9-7-5-6-8-10-20-28-26-18-14-12-16-24(26)22-30(28)32(35-3)36-4/h11-18,21-22,27-28,31-32H,5-10,19-20H2,1-4H3. The summed E-state index contributed by atoms with van der Waals surface area (Å²) in [6.07, 6.45) is 13.8. The van der Waals surface area contributed by atoms with Crippen LogP contribution in [-0.4, -0.2) is 41.0 Å². The Balaban J connectivity index is 1.21. The Labute approximate surface area is 217 Å². The van der Waals surface area contributed by atoms with Crippen LogP contribution < -0.4 is 0 Å². The maximum absolute atomic E-state index is 5.61. The van der Waals surface area contributed by atoms with Crippen molar-refractivity contribution in [1.82, 2.24) is 0 Å². The number of rotatable bonds is 15. The van der Waals surface area contributed by atoms with Crippen molar-refractivity contribution in [2.24, 2.45) is 0 Å². The van der Waals surface area contributed by atoms with Gasteiger partial charge in [-0.15, -0.1) is 0 Å². The van der Waals surface area contributed by atoms with Crippen LogP contribution in [0, 0.1) is 0 Å². The van der Waals surface area contributed by atoms with E-state index in [0.29, 0.717) is 11.8 Å². The lowest BCUT2D eigenvalue weighted by Gasteiger charge is -2.23. The van der Waals surface area contributed by atoms with E-state index in [1.54, 1.807) is 28.4 Å². The van der Waals surface area contributed by atoms with Crippen molar-refractivity contribution in [2.75, 3.05) is 28.4 Å². The summed E-state index contributed by atoms with van der Waals surface area (Å²) >= 11 is 0. The third-order valence-electron chi connectivity index (χ3n) is 7.83. The van der Waals surface area contributed by atoms with Crippen LogP contribution in [0.4, 0.5) is 0 Å². The lowest BCUT2D eigenvalue weighted by atomic mass is 9.89. The Hall–Kier alpha value is -2.24. The van der Waals surface area contributed by atoms with Crippen LogP contribution in [0.2, 0.25) is 0 Å². The maximum atomic E-state index is 5.61. The number of hydrogen-bond donors (Lipinski definition) is 0. The van der Waals surface area contributed by atoms with Crippen molar-refractivity contribution in [3.8, 4) is 0 Å². The smallest absolute Gasteiger partial charge is 0.180 e. The van der Waals surface area contributed by atoms with E-state index in [1.165, 1.54) is 71.9 Å². The third-order valence-corrected chi connectivity index (χ3v) is 7.83. The van der Waals surface area contributed by atoms with Gasteiger partial charge in [-0.2, -0.15) is 0 Å². The highest BCUT2D eigenvalue weighted by Gasteiger charge is 2.31. The van der Waals surface area contributed by atoms with Gasteiger partial charge in [0.05, 0.1) is 0 Å². The molecule has 2 aliphatic carbocycles. The average molecular weight is 491 g/mol. The molecule has 4 rings (SSSR count). The summed E-state index contributed by atoms with van der Waals surface area (Å²) in [5.74, 6) is 0.793. The highest BCUT2D eigenvalue weighted by atomic mass is 16.7. The Morgan fingerprint density at radius 2 is 0.889 bits per heavy atom. The number of unbranched alkanes of at least 4 members (excludes halogenated alkanes) is 5. The average Bonchev–Trinajstić information content (AvgIpc) is 3.46. The lowest BCUT2D eigenvalue weighted by molar-refractivity contribution is -0.0773. The van der Waals surface area contributed by atoms with Crippen LogP contribution in [0.5, 0.6) is 0 Å². The van der Waals surface area contributed by atoms with Crippen LogP contribution in [0.15, 0.2) is 59.7 Å². The number of benzene rings is 2.